The van der Waals surface area contributed by atoms with Crippen LogP contribution in [0.2, 0.25) is 5.02 Å². The molecule has 2 nitrogen and oxygen atoms in total. The number of hydrogen-bond acceptors (Lipinski definition) is 2. The molecule has 2 aromatic rings. The van der Waals surface area contributed by atoms with Crippen molar-refractivity contribution in [1.82, 2.24) is 5.32 Å². The number of aryl methyl sites for hydroxylation is 1. The van der Waals surface area contributed by atoms with Gasteiger partial charge in [0.15, 0.2) is 0 Å². The highest BCUT2D eigenvalue weighted by Crippen LogP contribution is 2.13. The molecule has 0 aliphatic carbocycles. The van der Waals surface area contributed by atoms with Gasteiger partial charge in [0.05, 0.1) is 7.11 Å². The summed E-state index contributed by atoms with van der Waals surface area (Å²) in [7, 11) is 1.70. The highest BCUT2D eigenvalue weighted by Gasteiger charge is 2.03. The SMILES string of the molecule is COc1ccc(CC[C@H](C)NCCc2cccc(Cl)c2)cc1. The van der Waals surface area contributed by atoms with Crippen LogP contribution in [0, 0.1) is 0 Å². The molecule has 3 heteroatoms. The van der Waals surface area contributed by atoms with Crippen molar-refractivity contribution in [3.63, 3.8) is 0 Å². The van der Waals surface area contributed by atoms with Crippen LogP contribution in [0.5, 0.6) is 5.75 Å². The topological polar surface area (TPSA) is 21.3 Å². The Hall–Kier alpha value is -1.51. The molecule has 0 saturated heterocycles. The lowest BCUT2D eigenvalue weighted by atomic mass is 10.1. The third-order valence-electron chi connectivity index (χ3n) is 3.82. The molecule has 0 bridgehead atoms. The molecule has 2 rings (SSSR count). The van der Waals surface area contributed by atoms with Gasteiger partial charge in [-0.2, -0.15) is 0 Å². The van der Waals surface area contributed by atoms with E-state index in [1.807, 2.05) is 30.3 Å². The van der Waals surface area contributed by atoms with Crippen molar-refractivity contribution in [2.24, 2.45) is 0 Å². The average Bonchev–Trinajstić information content (AvgIpc) is 2.53. The van der Waals surface area contributed by atoms with Crippen LogP contribution in [0.4, 0.5) is 0 Å². The highest BCUT2D eigenvalue weighted by molar-refractivity contribution is 6.30. The van der Waals surface area contributed by atoms with E-state index in [1.165, 1.54) is 11.1 Å². The molecule has 0 aliphatic rings. The molecule has 0 saturated carbocycles. The first-order chi connectivity index (χ1) is 10.7. The fourth-order valence-corrected chi connectivity index (χ4v) is 2.65. The minimum absolute atomic E-state index is 0.501. The number of halogens is 1. The molecule has 0 fully saturated rings. The van der Waals surface area contributed by atoms with Gasteiger partial charge in [0.2, 0.25) is 0 Å². The van der Waals surface area contributed by atoms with Gasteiger partial charge in [-0.25, -0.2) is 0 Å². The van der Waals surface area contributed by atoms with Crippen LogP contribution in [-0.2, 0) is 12.8 Å². The second-order valence-electron chi connectivity index (χ2n) is 5.62. The van der Waals surface area contributed by atoms with Crippen molar-refractivity contribution in [3.8, 4) is 5.75 Å². The monoisotopic (exact) mass is 317 g/mol. The quantitative estimate of drug-likeness (QED) is 0.774. The maximum atomic E-state index is 6.00. The maximum Gasteiger partial charge on any atom is 0.118 e. The fraction of sp³-hybridized carbons (Fsp3) is 0.368. The van der Waals surface area contributed by atoms with Gasteiger partial charge in [-0.15, -0.1) is 0 Å². The minimum Gasteiger partial charge on any atom is -0.497 e. The molecule has 22 heavy (non-hydrogen) atoms. The lowest BCUT2D eigenvalue weighted by Crippen LogP contribution is -2.28. The molecule has 0 heterocycles. The average molecular weight is 318 g/mol. The standard InChI is InChI=1S/C19H24ClNO/c1-15(6-7-16-8-10-19(22-2)11-9-16)21-13-12-17-4-3-5-18(20)14-17/h3-5,8-11,14-15,21H,6-7,12-13H2,1-2H3/t15-/m0/s1. The summed E-state index contributed by atoms with van der Waals surface area (Å²) in [4.78, 5) is 0. The third kappa shape index (κ3) is 5.70. The smallest absolute Gasteiger partial charge is 0.118 e. The normalized spacial score (nSPS) is 12.1. The van der Waals surface area contributed by atoms with Crippen molar-refractivity contribution in [2.75, 3.05) is 13.7 Å². The summed E-state index contributed by atoms with van der Waals surface area (Å²) in [6.07, 6.45) is 3.21. The molecule has 118 valence electrons. The zero-order chi connectivity index (χ0) is 15.8. The zero-order valence-electron chi connectivity index (χ0n) is 13.3. The highest BCUT2D eigenvalue weighted by atomic mass is 35.5. The van der Waals surface area contributed by atoms with Gasteiger partial charge in [0.25, 0.3) is 0 Å². The Balaban J connectivity index is 1.68. The lowest BCUT2D eigenvalue weighted by molar-refractivity contribution is 0.414. The third-order valence-corrected chi connectivity index (χ3v) is 4.06. The van der Waals surface area contributed by atoms with E-state index in [-0.39, 0.29) is 0 Å². The first-order valence-electron chi connectivity index (χ1n) is 7.78. The van der Waals surface area contributed by atoms with E-state index < -0.39 is 0 Å². The first-order valence-corrected chi connectivity index (χ1v) is 8.16. The zero-order valence-corrected chi connectivity index (χ0v) is 14.1. The Morgan fingerprint density at radius 3 is 2.50 bits per heavy atom. The Morgan fingerprint density at radius 2 is 1.82 bits per heavy atom. The van der Waals surface area contributed by atoms with Crippen molar-refractivity contribution >= 4 is 11.6 Å². The molecule has 0 amide bonds. The minimum atomic E-state index is 0.501. The van der Waals surface area contributed by atoms with Crippen molar-refractivity contribution in [1.29, 1.82) is 0 Å². The Labute approximate surface area is 138 Å². The number of hydrogen-bond donors (Lipinski definition) is 1. The molecular weight excluding hydrogens is 294 g/mol. The predicted molar refractivity (Wildman–Crippen MR) is 93.9 cm³/mol. The maximum absolute atomic E-state index is 6.00. The second kappa shape index (κ2) is 8.82. The Bertz CT molecular complexity index is 568. The Kier molecular flexibility index (Phi) is 6.75. The first kappa shape index (κ1) is 16.9. The van der Waals surface area contributed by atoms with Gasteiger partial charge in [0.1, 0.15) is 5.75 Å². The fourth-order valence-electron chi connectivity index (χ4n) is 2.43. The van der Waals surface area contributed by atoms with E-state index in [1.54, 1.807) is 7.11 Å². The van der Waals surface area contributed by atoms with Crippen LogP contribution >= 0.6 is 11.6 Å². The second-order valence-corrected chi connectivity index (χ2v) is 6.06. The van der Waals surface area contributed by atoms with Gasteiger partial charge in [-0.1, -0.05) is 35.9 Å². The van der Waals surface area contributed by atoms with E-state index in [2.05, 4.69) is 30.4 Å². The van der Waals surface area contributed by atoms with Gasteiger partial charge in [-0.05, 0) is 68.1 Å². The van der Waals surface area contributed by atoms with Gasteiger partial charge in [0, 0.05) is 11.1 Å². The molecule has 0 aromatic heterocycles. The summed E-state index contributed by atoms with van der Waals surface area (Å²) in [5, 5.41) is 4.39. The summed E-state index contributed by atoms with van der Waals surface area (Å²) >= 11 is 6.00. The van der Waals surface area contributed by atoms with Crippen LogP contribution in [0.25, 0.3) is 0 Å². The van der Waals surface area contributed by atoms with E-state index in [9.17, 15) is 0 Å². The summed E-state index contributed by atoms with van der Waals surface area (Å²) in [5.41, 5.74) is 2.63. The largest absolute Gasteiger partial charge is 0.497 e. The summed E-state index contributed by atoms with van der Waals surface area (Å²) in [6, 6.07) is 16.9. The lowest BCUT2D eigenvalue weighted by Gasteiger charge is -2.14. The van der Waals surface area contributed by atoms with Crippen molar-refractivity contribution in [3.05, 3.63) is 64.7 Å². The van der Waals surface area contributed by atoms with Gasteiger partial charge >= 0.3 is 0 Å². The summed E-state index contributed by atoms with van der Waals surface area (Å²) < 4.78 is 5.18. The van der Waals surface area contributed by atoms with Crippen molar-refractivity contribution in [2.45, 2.75) is 32.2 Å². The predicted octanol–water partition coefficient (Wildman–Crippen LogP) is 4.50. The molecule has 1 atom stereocenters. The number of nitrogens with one attached hydrogen (secondary N) is 1. The number of methoxy groups -OCH3 is 1. The molecular formula is C19H24ClNO. The van der Waals surface area contributed by atoms with Crippen LogP contribution in [0.15, 0.2) is 48.5 Å². The number of rotatable bonds is 8. The van der Waals surface area contributed by atoms with Crippen LogP contribution in [0.1, 0.15) is 24.5 Å². The van der Waals surface area contributed by atoms with E-state index in [0.717, 1.165) is 36.6 Å². The van der Waals surface area contributed by atoms with Gasteiger partial charge < -0.3 is 10.1 Å². The van der Waals surface area contributed by atoms with Crippen molar-refractivity contribution < 1.29 is 4.74 Å². The Morgan fingerprint density at radius 1 is 1.05 bits per heavy atom. The molecule has 2 aromatic carbocycles. The van der Waals surface area contributed by atoms with E-state index in [0.29, 0.717) is 6.04 Å². The molecule has 0 radical (unpaired) electrons. The van der Waals surface area contributed by atoms with Crippen LogP contribution in [0.3, 0.4) is 0 Å². The molecule has 0 unspecified atom stereocenters. The van der Waals surface area contributed by atoms with Crippen LogP contribution < -0.4 is 10.1 Å². The van der Waals surface area contributed by atoms with Crippen LogP contribution in [-0.4, -0.2) is 19.7 Å². The number of benzene rings is 2. The molecule has 0 spiro atoms. The molecule has 1 N–H and O–H groups in total. The molecule has 0 aliphatic heterocycles. The van der Waals surface area contributed by atoms with E-state index >= 15 is 0 Å². The number of ether oxygens (including phenoxy) is 1. The summed E-state index contributed by atoms with van der Waals surface area (Å²) in [5.74, 6) is 0.913. The van der Waals surface area contributed by atoms with E-state index in [4.69, 9.17) is 16.3 Å². The summed E-state index contributed by atoms with van der Waals surface area (Å²) in [6.45, 7) is 3.21. The van der Waals surface area contributed by atoms with Gasteiger partial charge in [-0.3, -0.25) is 0 Å².